The molecule has 0 amide bonds. The molecular weight excluding hydrogens is 345 g/mol. The van der Waals surface area contributed by atoms with Gasteiger partial charge in [-0.2, -0.15) is 0 Å². The van der Waals surface area contributed by atoms with E-state index in [1.165, 1.54) is 13.2 Å². The Kier molecular flexibility index (Phi) is 3.31. The Bertz CT molecular complexity index is 858. The van der Waals surface area contributed by atoms with Crippen LogP contribution in [0, 0.1) is 10.6 Å². The molecule has 0 saturated carbocycles. The minimum atomic E-state index is -0.418. The molecule has 20 heavy (non-hydrogen) atoms. The van der Waals surface area contributed by atoms with E-state index < -0.39 is 5.82 Å². The molecule has 0 aliphatic carbocycles. The molecule has 7 heteroatoms. The van der Waals surface area contributed by atoms with E-state index in [0.29, 0.717) is 16.1 Å². The fraction of sp³-hybridized carbons (Fsp3) is 0.0769. The summed E-state index contributed by atoms with van der Waals surface area (Å²) in [6, 6.07) is 6.44. The molecular formula is C13H9BrFN3OS. The number of aromatic amines is 1. The van der Waals surface area contributed by atoms with Crippen molar-refractivity contribution in [2.75, 3.05) is 7.11 Å². The Balaban J connectivity index is 2.29. The molecule has 3 rings (SSSR count). The van der Waals surface area contributed by atoms with E-state index in [-0.39, 0.29) is 5.75 Å². The first kappa shape index (κ1) is 13.3. The third-order valence-electron chi connectivity index (χ3n) is 2.88. The summed E-state index contributed by atoms with van der Waals surface area (Å²) in [6.45, 7) is 0. The molecule has 0 atom stereocenters. The highest BCUT2D eigenvalue weighted by Gasteiger charge is 2.11. The van der Waals surface area contributed by atoms with Crippen LogP contribution in [-0.2, 0) is 0 Å². The minimum absolute atomic E-state index is 0.163. The van der Waals surface area contributed by atoms with Crippen LogP contribution in [0.15, 0.2) is 34.9 Å². The summed E-state index contributed by atoms with van der Waals surface area (Å²) in [5.41, 5.74) is 2.16. The van der Waals surface area contributed by atoms with Crippen molar-refractivity contribution in [3.63, 3.8) is 0 Å². The van der Waals surface area contributed by atoms with Crippen molar-refractivity contribution < 1.29 is 9.13 Å². The third kappa shape index (κ3) is 2.12. The van der Waals surface area contributed by atoms with E-state index in [9.17, 15) is 4.39 Å². The summed E-state index contributed by atoms with van der Waals surface area (Å²) in [7, 11) is 1.42. The van der Waals surface area contributed by atoms with Gasteiger partial charge >= 0.3 is 0 Å². The van der Waals surface area contributed by atoms with E-state index in [4.69, 9.17) is 17.0 Å². The number of rotatable bonds is 2. The van der Waals surface area contributed by atoms with E-state index in [0.717, 1.165) is 9.99 Å². The molecule has 0 spiro atoms. The highest BCUT2D eigenvalue weighted by Crippen LogP contribution is 2.25. The predicted octanol–water partition coefficient (Wildman–Crippen LogP) is 3.99. The molecule has 2 heterocycles. The quantitative estimate of drug-likeness (QED) is 0.708. The van der Waals surface area contributed by atoms with E-state index in [1.54, 1.807) is 22.9 Å². The number of imidazole rings is 1. The van der Waals surface area contributed by atoms with E-state index in [2.05, 4.69) is 25.9 Å². The van der Waals surface area contributed by atoms with Gasteiger partial charge in [-0.05, 0) is 46.3 Å². The van der Waals surface area contributed by atoms with Crippen LogP contribution >= 0.6 is 28.1 Å². The van der Waals surface area contributed by atoms with Crippen LogP contribution in [0.3, 0.4) is 0 Å². The second kappa shape index (κ2) is 4.99. The number of hydrogen-bond donors (Lipinski definition) is 1. The van der Waals surface area contributed by atoms with Crippen LogP contribution in [0.25, 0.3) is 16.9 Å². The molecule has 3 aromatic rings. The van der Waals surface area contributed by atoms with Crippen LogP contribution in [0.4, 0.5) is 4.39 Å². The number of halogens is 2. The zero-order valence-electron chi connectivity index (χ0n) is 10.4. The average molecular weight is 354 g/mol. The van der Waals surface area contributed by atoms with Gasteiger partial charge in [0.1, 0.15) is 0 Å². The van der Waals surface area contributed by atoms with Gasteiger partial charge in [-0.3, -0.25) is 4.57 Å². The molecule has 2 aromatic heterocycles. The fourth-order valence-electron chi connectivity index (χ4n) is 2.00. The van der Waals surface area contributed by atoms with Gasteiger partial charge in [-0.15, -0.1) is 0 Å². The van der Waals surface area contributed by atoms with Crippen molar-refractivity contribution in [1.82, 2.24) is 14.5 Å². The number of benzene rings is 1. The molecule has 102 valence electrons. The van der Waals surface area contributed by atoms with Crippen molar-refractivity contribution in [1.29, 1.82) is 0 Å². The van der Waals surface area contributed by atoms with Gasteiger partial charge in [0, 0.05) is 16.7 Å². The van der Waals surface area contributed by atoms with Gasteiger partial charge in [0.25, 0.3) is 0 Å². The van der Waals surface area contributed by atoms with Gasteiger partial charge in [-0.1, -0.05) is 0 Å². The standard InChI is InChI=1S/C13H9BrFN3OS/c1-19-11-5-8(2-3-9(11)15)18-12-10(17-13(18)20)4-7(14)6-16-12/h2-6H,1H3,(H,17,20). The van der Waals surface area contributed by atoms with Crippen LogP contribution in [0.1, 0.15) is 0 Å². The third-order valence-corrected chi connectivity index (χ3v) is 3.60. The molecule has 1 N–H and O–H groups in total. The maximum absolute atomic E-state index is 13.5. The maximum atomic E-state index is 13.5. The number of H-pyrrole nitrogens is 1. The number of pyridine rings is 1. The lowest BCUT2D eigenvalue weighted by atomic mass is 10.3. The molecule has 1 aromatic carbocycles. The highest BCUT2D eigenvalue weighted by atomic mass is 79.9. The second-order valence-corrected chi connectivity index (χ2v) is 5.41. The Morgan fingerprint density at radius 1 is 1.40 bits per heavy atom. The normalized spacial score (nSPS) is 10.9. The van der Waals surface area contributed by atoms with Gasteiger partial charge in [0.2, 0.25) is 0 Å². The number of methoxy groups -OCH3 is 1. The topological polar surface area (TPSA) is 42.8 Å². The highest BCUT2D eigenvalue weighted by molar-refractivity contribution is 9.10. The lowest BCUT2D eigenvalue weighted by Gasteiger charge is -2.07. The largest absolute Gasteiger partial charge is 0.494 e. The molecule has 0 aliphatic rings. The van der Waals surface area contributed by atoms with Crippen LogP contribution < -0.4 is 4.74 Å². The summed E-state index contributed by atoms with van der Waals surface area (Å²) in [5.74, 6) is -0.255. The molecule has 0 fully saturated rings. The van der Waals surface area contributed by atoms with Crippen LogP contribution in [-0.4, -0.2) is 21.6 Å². The Morgan fingerprint density at radius 2 is 2.20 bits per heavy atom. The summed E-state index contributed by atoms with van der Waals surface area (Å²) < 4.78 is 21.6. The number of ether oxygens (including phenoxy) is 1. The molecule has 0 radical (unpaired) electrons. The zero-order valence-corrected chi connectivity index (χ0v) is 12.8. The smallest absolute Gasteiger partial charge is 0.184 e. The van der Waals surface area contributed by atoms with Gasteiger partial charge < -0.3 is 9.72 Å². The molecule has 0 unspecified atom stereocenters. The number of fused-ring (bicyclic) bond motifs is 1. The number of hydrogen-bond acceptors (Lipinski definition) is 3. The molecule has 0 bridgehead atoms. The Morgan fingerprint density at radius 3 is 2.95 bits per heavy atom. The predicted molar refractivity (Wildman–Crippen MR) is 80.5 cm³/mol. The van der Waals surface area contributed by atoms with Crippen molar-refractivity contribution in [2.45, 2.75) is 0 Å². The number of nitrogens with one attached hydrogen (secondary N) is 1. The second-order valence-electron chi connectivity index (χ2n) is 4.11. The van der Waals surface area contributed by atoms with Crippen LogP contribution in [0.2, 0.25) is 0 Å². The molecule has 0 saturated heterocycles. The monoisotopic (exact) mass is 353 g/mol. The van der Waals surface area contributed by atoms with Crippen molar-refractivity contribution in [2.24, 2.45) is 0 Å². The lowest BCUT2D eigenvalue weighted by Crippen LogP contribution is -1.97. The summed E-state index contributed by atoms with van der Waals surface area (Å²) in [4.78, 5) is 7.41. The van der Waals surface area contributed by atoms with Crippen molar-refractivity contribution >= 4 is 39.3 Å². The number of nitrogens with zero attached hydrogens (tertiary/aromatic N) is 2. The Hall–Kier alpha value is -1.73. The zero-order chi connectivity index (χ0) is 14.3. The summed E-state index contributed by atoms with van der Waals surface area (Å²) in [6.07, 6.45) is 1.68. The lowest BCUT2D eigenvalue weighted by molar-refractivity contribution is 0.386. The van der Waals surface area contributed by atoms with Crippen molar-refractivity contribution in [3.05, 3.63) is 45.5 Å². The fourth-order valence-corrected chi connectivity index (χ4v) is 2.63. The van der Waals surface area contributed by atoms with Gasteiger partial charge in [0.05, 0.1) is 18.3 Å². The summed E-state index contributed by atoms with van der Waals surface area (Å²) >= 11 is 8.67. The van der Waals surface area contributed by atoms with Crippen LogP contribution in [0.5, 0.6) is 5.75 Å². The SMILES string of the molecule is COc1cc(-n2c(=S)[nH]c3cc(Br)cnc32)ccc1F. The molecule has 0 aliphatic heterocycles. The van der Waals surface area contributed by atoms with E-state index >= 15 is 0 Å². The van der Waals surface area contributed by atoms with Gasteiger partial charge in [-0.25, -0.2) is 9.37 Å². The van der Waals surface area contributed by atoms with Gasteiger partial charge in [0.15, 0.2) is 22.0 Å². The minimum Gasteiger partial charge on any atom is -0.494 e. The maximum Gasteiger partial charge on any atom is 0.184 e. The summed E-state index contributed by atoms with van der Waals surface area (Å²) in [5, 5.41) is 0. The first-order chi connectivity index (χ1) is 9.60. The first-order valence-corrected chi connectivity index (χ1v) is 6.90. The molecule has 4 nitrogen and oxygen atoms in total. The Labute approximate surface area is 127 Å². The first-order valence-electron chi connectivity index (χ1n) is 5.70. The number of aromatic nitrogens is 3. The van der Waals surface area contributed by atoms with E-state index in [1.807, 2.05) is 6.07 Å². The van der Waals surface area contributed by atoms with Crippen molar-refractivity contribution in [3.8, 4) is 11.4 Å². The average Bonchev–Trinajstić information content (AvgIpc) is 2.74.